The topological polar surface area (TPSA) is 68.3 Å². The monoisotopic (exact) mass is 360 g/mol. The Hall–Kier alpha value is -3.47. The minimum absolute atomic E-state index is 0.0136. The summed E-state index contributed by atoms with van der Waals surface area (Å²) in [6, 6.07) is 21.6. The van der Waals surface area contributed by atoms with Gasteiger partial charge in [0, 0.05) is 11.8 Å². The molecular formula is C22H20N2O3. The van der Waals surface area contributed by atoms with Gasteiger partial charge in [0.1, 0.15) is 5.75 Å². The van der Waals surface area contributed by atoms with Crippen LogP contribution in [0.4, 0.5) is 0 Å². The summed E-state index contributed by atoms with van der Waals surface area (Å²) in [4.78, 5) is 28.1. The van der Waals surface area contributed by atoms with E-state index in [2.05, 4.69) is 10.3 Å². The number of Topliss-reactive ketones (excluding diaryl/α,β-unsaturated/α-hetero) is 1. The van der Waals surface area contributed by atoms with Crippen LogP contribution in [0, 0.1) is 0 Å². The molecule has 5 nitrogen and oxygen atoms in total. The molecule has 1 aromatic heterocycles. The van der Waals surface area contributed by atoms with Gasteiger partial charge in [0.25, 0.3) is 5.91 Å². The Morgan fingerprint density at radius 3 is 2.30 bits per heavy atom. The molecule has 0 spiro atoms. The Morgan fingerprint density at radius 2 is 1.67 bits per heavy atom. The maximum absolute atomic E-state index is 12.4. The number of benzene rings is 2. The van der Waals surface area contributed by atoms with Crippen molar-refractivity contribution in [3.63, 3.8) is 0 Å². The number of hydrogen-bond acceptors (Lipinski definition) is 4. The fourth-order valence-electron chi connectivity index (χ4n) is 2.66. The highest BCUT2D eigenvalue weighted by Crippen LogP contribution is 2.20. The van der Waals surface area contributed by atoms with Crippen LogP contribution in [-0.4, -0.2) is 23.3 Å². The molecule has 0 radical (unpaired) electrons. The number of hydrogen-bond donors (Lipinski definition) is 1. The van der Waals surface area contributed by atoms with E-state index in [1.165, 1.54) is 6.92 Å². The van der Waals surface area contributed by atoms with Gasteiger partial charge >= 0.3 is 0 Å². The number of amides is 1. The highest BCUT2D eigenvalue weighted by Gasteiger charge is 2.18. The van der Waals surface area contributed by atoms with Gasteiger partial charge < -0.3 is 10.1 Å². The Kier molecular flexibility index (Phi) is 5.94. The highest BCUT2D eigenvalue weighted by molar-refractivity contribution is 5.94. The Labute approximate surface area is 158 Å². The highest BCUT2D eigenvalue weighted by atomic mass is 16.5. The Morgan fingerprint density at radius 1 is 0.963 bits per heavy atom. The van der Waals surface area contributed by atoms with Gasteiger partial charge in [-0.2, -0.15) is 0 Å². The number of nitrogens with one attached hydrogen (secondary N) is 1. The first-order chi connectivity index (χ1) is 13.1. The van der Waals surface area contributed by atoms with Crippen LogP contribution >= 0.6 is 0 Å². The van der Waals surface area contributed by atoms with Crippen LogP contribution in [0.5, 0.6) is 5.75 Å². The summed E-state index contributed by atoms with van der Waals surface area (Å²) in [6.45, 7) is 1.38. The molecule has 0 bridgehead atoms. The molecule has 0 aliphatic carbocycles. The van der Waals surface area contributed by atoms with E-state index in [0.29, 0.717) is 11.3 Å². The lowest BCUT2D eigenvalue weighted by atomic mass is 10.0. The lowest BCUT2D eigenvalue weighted by molar-refractivity contribution is -0.123. The molecule has 0 aliphatic rings. The number of aromatic nitrogens is 1. The van der Waals surface area contributed by atoms with Crippen molar-refractivity contribution in [2.45, 2.75) is 13.0 Å². The van der Waals surface area contributed by atoms with Crippen LogP contribution in [-0.2, 0) is 4.79 Å². The fraction of sp³-hybridized carbons (Fsp3) is 0.136. The molecule has 0 saturated carbocycles. The number of carbonyl (C=O) groups is 2. The van der Waals surface area contributed by atoms with Crippen molar-refractivity contribution in [1.82, 2.24) is 10.3 Å². The fourth-order valence-corrected chi connectivity index (χ4v) is 2.66. The SMILES string of the molecule is CC(=O)c1ccc(OCC(=O)NC(c2ccccc2)c2ccccn2)cc1. The van der Waals surface area contributed by atoms with Crippen LogP contribution in [0.1, 0.15) is 34.6 Å². The molecule has 27 heavy (non-hydrogen) atoms. The van der Waals surface area contributed by atoms with Crippen molar-refractivity contribution in [2.75, 3.05) is 6.61 Å². The van der Waals surface area contributed by atoms with Crippen LogP contribution in [0.25, 0.3) is 0 Å². The van der Waals surface area contributed by atoms with E-state index in [4.69, 9.17) is 4.74 Å². The maximum Gasteiger partial charge on any atom is 0.258 e. The normalized spacial score (nSPS) is 11.4. The molecule has 1 unspecified atom stereocenters. The third-order valence-electron chi connectivity index (χ3n) is 4.05. The first-order valence-corrected chi connectivity index (χ1v) is 8.62. The zero-order chi connectivity index (χ0) is 19.1. The molecule has 136 valence electrons. The molecule has 2 aromatic carbocycles. The summed E-state index contributed by atoms with van der Waals surface area (Å²) in [5, 5.41) is 2.97. The Balaban J connectivity index is 1.67. The van der Waals surface area contributed by atoms with Gasteiger partial charge in [-0.15, -0.1) is 0 Å². The van der Waals surface area contributed by atoms with Crippen LogP contribution in [0.2, 0.25) is 0 Å². The molecule has 1 atom stereocenters. The maximum atomic E-state index is 12.4. The number of pyridine rings is 1. The molecule has 1 N–H and O–H groups in total. The second-order valence-electron chi connectivity index (χ2n) is 6.04. The average molecular weight is 360 g/mol. The first-order valence-electron chi connectivity index (χ1n) is 8.62. The van der Waals surface area contributed by atoms with Crippen LogP contribution in [0.15, 0.2) is 79.0 Å². The molecule has 0 aliphatic heterocycles. The van der Waals surface area contributed by atoms with Crippen molar-refractivity contribution >= 4 is 11.7 Å². The summed E-state index contributed by atoms with van der Waals surface area (Å²) < 4.78 is 5.53. The first kappa shape index (κ1) is 18.3. The van der Waals surface area contributed by atoms with Crippen LogP contribution < -0.4 is 10.1 Å². The standard InChI is InChI=1S/C22H20N2O3/c1-16(25)17-10-12-19(13-11-17)27-15-21(26)24-22(18-7-3-2-4-8-18)20-9-5-6-14-23-20/h2-14,22H,15H2,1H3,(H,24,26). The van der Waals surface area contributed by atoms with E-state index >= 15 is 0 Å². The lowest BCUT2D eigenvalue weighted by Crippen LogP contribution is -2.33. The van der Waals surface area contributed by atoms with Crippen molar-refractivity contribution in [2.24, 2.45) is 0 Å². The van der Waals surface area contributed by atoms with Crippen molar-refractivity contribution in [3.05, 3.63) is 95.8 Å². The molecule has 3 aromatic rings. The molecule has 1 heterocycles. The van der Waals surface area contributed by atoms with E-state index < -0.39 is 0 Å². The van der Waals surface area contributed by atoms with Crippen molar-refractivity contribution in [1.29, 1.82) is 0 Å². The molecular weight excluding hydrogens is 340 g/mol. The number of ketones is 1. The third kappa shape index (κ3) is 5.01. The van der Waals surface area contributed by atoms with E-state index in [-0.39, 0.29) is 24.3 Å². The second-order valence-corrected chi connectivity index (χ2v) is 6.04. The van der Waals surface area contributed by atoms with Gasteiger partial charge in [-0.1, -0.05) is 36.4 Å². The van der Waals surface area contributed by atoms with E-state index in [1.54, 1.807) is 30.5 Å². The van der Waals surface area contributed by atoms with Gasteiger partial charge in [0.05, 0.1) is 11.7 Å². The number of ether oxygens (including phenoxy) is 1. The quantitative estimate of drug-likeness (QED) is 0.654. The average Bonchev–Trinajstić information content (AvgIpc) is 2.72. The van der Waals surface area contributed by atoms with Crippen molar-refractivity contribution in [3.8, 4) is 5.75 Å². The van der Waals surface area contributed by atoms with Gasteiger partial charge in [0.15, 0.2) is 12.4 Å². The van der Waals surface area contributed by atoms with Crippen LogP contribution in [0.3, 0.4) is 0 Å². The minimum atomic E-state index is -0.358. The predicted octanol–water partition coefficient (Wildman–Crippen LogP) is 3.57. The number of nitrogens with zero attached hydrogens (tertiary/aromatic N) is 1. The molecule has 3 rings (SSSR count). The summed E-state index contributed by atoms with van der Waals surface area (Å²) in [5.41, 5.74) is 2.30. The van der Waals surface area contributed by atoms with E-state index in [0.717, 1.165) is 11.3 Å². The summed E-state index contributed by atoms with van der Waals surface area (Å²) >= 11 is 0. The predicted molar refractivity (Wildman–Crippen MR) is 103 cm³/mol. The summed E-state index contributed by atoms with van der Waals surface area (Å²) in [5.74, 6) is 0.259. The molecule has 1 amide bonds. The van der Waals surface area contributed by atoms with Gasteiger partial charge in [0.2, 0.25) is 0 Å². The smallest absolute Gasteiger partial charge is 0.258 e. The zero-order valence-corrected chi connectivity index (χ0v) is 15.0. The van der Waals surface area contributed by atoms with Gasteiger partial charge in [-0.05, 0) is 48.9 Å². The Bertz CT molecular complexity index is 854. The van der Waals surface area contributed by atoms with E-state index in [9.17, 15) is 9.59 Å². The van der Waals surface area contributed by atoms with Crippen molar-refractivity contribution < 1.29 is 14.3 Å². The summed E-state index contributed by atoms with van der Waals surface area (Å²) in [6.07, 6.45) is 1.70. The zero-order valence-electron chi connectivity index (χ0n) is 15.0. The van der Waals surface area contributed by atoms with Gasteiger partial charge in [-0.3, -0.25) is 14.6 Å². The molecule has 5 heteroatoms. The van der Waals surface area contributed by atoms with Gasteiger partial charge in [-0.25, -0.2) is 0 Å². The number of rotatable bonds is 7. The molecule has 0 fully saturated rings. The largest absolute Gasteiger partial charge is 0.484 e. The molecule has 0 saturated heterocycles. The van der Waals surface area contributed by atoms with E-state index in [1.807, 2.05) is 48.5 Å². The summed E-state index contributed by atoms with van der Waals surface area (Å²) in [7, 11) is 0. The lowest BCUT2D eigenvalue weighted by Gasteiger charge is -2.19. The minimum Gasteiger partial charge on any atom is -0.484 e. The number of carbonyl (C=O) groups excluding carboxylic acids is 2. The second kappa shape index (κ2) is 8.76. The third-order valence-corrected chi connectivity index (χ3v) is 4.05.